The van der Waals surface area contributed by atoms with E-state index in [0.717, 1.165) is 7.11 Å². The van der Waals surface area contributed by atoms with Gasteiger partial charge in [0, 0.05) is 6.07 Å². The number of pyridine rings is 1. The van der Waals surface area contributed by atoms with Crippen LogP contribution < -0.4 is 9.47 Å². The molecule has 0 aliphatic heterocycles. The second-order valence-corrected chi connectivity index (χ2v) is 2.57. The van der Waals surface area contributed by atoms with E-state index < -0.39 is 23.6 Å². The van der Waals surface area contributed by atoms with Crippen molar-refractivity contribution in [3.8, 4) is 17.4 Å². The number of carbonyl (C=O) groups excluding carboxylic acids is 1. The molecule has 0 saturated carbocycles. The van der Waals surface area contributed by atoms with Gasteiger partial charge in [0.05, 0.1) is 7.11 Å². The molecule has 0 unspecified atom stereocenters. The molecule has 8 heteroatoms. The topological polar surface area (TPSA) is 68.7 Å². The number of halogens is 3. The number of rotatable bonds is 3. The Hall–Kier alpha value is -1.99. The fourth-order valence-electron chi connectivity index (χ4n) is 0.923. The standard InChI is InChI=1S/C8H6F3NO4/c1-15-7-5(14)2-6(4(3-13)12-7)16-8(9,10)11/h2-3,14H,1H3. The van der Waals surface area contributed by atoms with Crippen LogP contribution in [0.25, 0.3) is 0 Å². The molecule has 1 heterocycles. The zero-order chi connectivity index (χ0) is 12.3. The lowest BCUT2D eigenvalue weighted by Gasteiger charge is -2.11. The van der Waals surface area contributed by atoms with Crippen molar-refractivity contribution in [1.82, 2.24) is 4.98 Å². The molecular formula is C8H6F3NO4. The normalized spacial score (nSPS) is 11.0. The number of aromatic hydroxyl groups is 1. The monoisotopic (exact) mass is 237 g/mol. The lowest BCUT2D eigenvalue weighted by Crippen LogP contribution is -2.18. The summed E-state index contributed by atoms with van der Waals surface area (Å²) in [6.07, 6.45) is -4.91. The molecule has 0 aliphatic rings. The van der Waals surface area contributed by atoms with Crippen LogP contribution in [0.5, 0.6) is 17.4 Å². The first kappa shape index (κ1) is 12.1. The molecule has 88 valence electrons. The van der Waals surface area contributed by atoms with E-state index in [1.807, 2.05) is 0 Å². The Kier molecular flexibility index (Phi) is 3.21. The minimum absolute atomic E-state index is 0.0586. The van der Waals surface area contributed by atoms with Crippen molar-refractivity contribution in [3.63, 3.8) is 0 Å². The number of aldehydes is 1. The number of carbonyl (C=O) groups is 1. The molecule has 0 aromatic carbocycles. The van der Waals surface area contributed by atoms with Crippen LogP contribution in [0.3, 0.4) is 0 Å². The third kappa shape index (κ3) is 2.75. The van der Waals surface area contributed by atoms with Crippen molar-refractivity contribution in [2.45, 2.75) is 6.36 Å². The van der Waals surface area contributed by atoms with Gasteiger partial charge in [-0.05, 0) is 0 Å². The molecule has 5 nitrogen and oxygen atoms in total. The van der Waals surface area contributed by atoms with Crippen molar-refractivity contribution in [2.24, 2.45) is 0 Å². The van der Waals surface area contributed by atoms with Gasteiger partial charge in [0.15, 0.2) is 17.8 Å². The average molecular weight is 237 g/mol. The summed E-state index contributed by atoms with van der Waals surface area (Å²) in [5.74, 6) is -1.91. The van der Waals surface area contributed by atoms with E-state index in [1.165, 1.54) is 0 Å². The zero-order valence-electron chi connectivity index (χ0n) is 7.91. The molecule has 1 rings (SSSR count). The maximum atomic E-state index is 11.9. The first-order valence-corrected chi connectivity index (χ1v) is 3.86. The Labute approximate surface area is 87.4 Å². The summed E-state index contributed by atoms with van der Waals surface area (Å²) in [6, 6.07) is 0.600. The fourth-order valence-corrected chi connectivity index (χ4v) is 0.923. The number of nitrogens with zero attached hydrogens (tertiary/aromatic N) is 1. The molecule has 0 atom stereocenters. The Balaban J connectivity index is 3.18. The molecule has 0 spiro atoms. The molecular weight excluding hydrogens is 231 g/mol. The number of hydrogen-bond acceptors (Lipinski definition) is 5. The zero-order valence-corrected chi connectivity index (χ0v) is 7.91. The van der Waals surface area contributed by atoms with Gasteiger partial charge in [-0.3, -0.25) is 4.79 Å². The molecule has 1 N–H and O–H groups in total. The van der Waals surface area contributed by atoms with Crippen LogP contribution in [0.15, 0.2) is 6.07 Å². The van der Waals surface area contributed by atoms with Gasteiger partial charge in [0.1, 0.15) is 5.69 Å². The van der Waals surface area contributed by atoms with E-state index in [0.29, 0.717) is 6.07 Å². The van der Waals surface area contributed by atoms with E-state index in [9.17, 15) is 18.0 Å². The molecule has 0 bridgehead atoms. The van der Waals surface area contributed by atoms with Crippen molar-refractivity contribution in [1.29, 1.82) is 0 Å². The third-order valence-electron chi connectivity index (χ3n) is 1.49. The van der Waals surface area contributed by atoms with Crippen molar-refractivity contribution in [2.75, 3.05) is 7.11 Å². The van der Waals surface area contributed by atoms with Crippen LogP contribution >= 0.6 is 0 Å². The minimum Gasteiger partial charge on any atom is -0.503 e. The van der Waals surface area contributed by atoms with E-state index in [4.69, 9.17) is 5.11 Å². The van der Waals surface area contributed by atoms with Crippen LogP contribution in [0.2, 0.25) is 0 Å². The second-order valence-electron chi connectivity index (χ2n) is 2.57. The molecule has 0 radical (unpaired) electrons. The molecule has 16 heavy (non-hydrogen) atoms. The van der Waals surface area contributed by atoms with Gasteiger partial charge >= 0.3 is 6.36 Å². The highest BCUT2D eigenvalue weighted by molar-refractivity contribution is 5.77. The third-order valence-corrected chi connectivity index (χ3v) is 1.49. The first-order valence-electron chi connectivity index (χ1n) is 3.86. The van der Waals surface area contributed by atoms with Crippen LogP contribution in [0, 0.1) is 0 Å². The predicted octanol–water partition coefficient (Wildman–Crippen LogP) is 1.51. The Morgan fingerprint density at radius 1 is 1.50 bits per heavy atom. The summed E-state index contributed by atoms with van der Waals surface area (Å²) in [4.78, 5) is 13.8. The highest BCUT2D eigenvalue weighted by atomic mass is 19.4. The van der Waals surface area contributed by atoms with Gasteiger partial charge < -0.3 is 14.6 Å². The van der Waals surface area contributed by atoms with Crippen molar-refractivity contribution in [3.05, 3.63) is 11.8 Å². The molecule has 1 aromatic rings. The number of alkyl halides is 3. The quantitative estimate of drug-likeness (QED) is 0.807. The van der Waals surface area contributed by atoms with Gasteiger partial charge in [-0.25, -0.2) is 4.98 Å². The SMILES string of the molecule is COc1nc(C=O)c(OC(F)(F)F)cc1O. The van der Waals surface area contributed by atoms with Gasteiger partial charge in [0.25, 0.3) is 5.88 Å². The Bertz CT molecular complexity index is 405. The van der Waals surface area contributed by atoms with Gasteiger partial charge in [0.2, 0.25) is 0 Å². The maximum absolute atomic E-state index is 11.9. The molecule has 0 fully saturated rings. The second kappa shape index (κ2) is 4.25. The summed E-state index contributed by atoms with van der Waals surface area (Å²) in [6.45, 7) is 0. The summed E-state index contributed by atoms with van der Waals surface area (Å²) < 4.78 is 43.7. The average Bonchev–Trinajstić information content (AvgIpc) is 2.16. The number of methoxy groups -OCH3 is 1. The smallest absolute Gasteiger partial charge is 0.503 e. The highest BCUT2D eigenvalue weighted by Gasteiger charge is 2.33. The van der Waals surface area contributed by atoms with E-state index in [1.54, 1.807) is 0 Å². The molecule has 0 amide bonds. The van der Waals surface area contributed by atoms with E-state index >= 15 is 0 Å². The number of hydrogen-bond donors (Lipinski definition) is 1. The summed E-state index contributed by atoms with van der Waals surface area (Å²) in [5.41, 5.74) is -0.619. The summed E-state index contributed by atoms with van der Waals surface area (Å²) in [5, 5.41) is 9.16. The minimum atomic E-state index is -4.97. The number of ether oxygens (including phenoxy) is 2. The van der Waals surface area contributed by atoms with Crippen LogP contribution in [-0.2, 0) is 0 Å². The highest BCUT2D eigenvalue weighted by Crippen LogP contribution is 2.32. The number of aromatic nitrogens is 1. The molecule has 1 aromatic heterocycles. The van der Waals surface area contributed by atoms with Crippen molar-refractivity contribution >= 4 is 6.29 Å². The predicted molar refractivity (Wildman–Crippen MR) is 44.5 cm³/mol. The van der Waals surface area contributed by atoms with Crippen molar-refractivity contribution < 1.29 is 32.5 Å². The molecule has 0 saturated heterocycles. The largest absolute Gasteiger partial charge is 0.573 e. The lowest BCUT2D eigenvalue weighted by molar-refractivity contribution is -0.274. The van der Waals surface area contributed by atoms with Gasteiger partial charge in [-0.1, -0.05) is 0 Å². The van der Waals surface area contributed by atoms with E-state index in [2.05, 4.69) is 14.5 Å². The first-order chi connectivity index (χ1) is 7.37. The summed E-state index contributed by atoms with van der Waals surface area (Å²) >= 11 is 0. The van der Waals surface area contributed by atoms with Crippen LogP contribution in [-0.4, -0.2) is 29.8 Å². The Morgan fingerprint density at radius 3 is 2.56 bits per heavy atom. The van der Waals surface area contributed by atoms with Crippen LogP contribution in [0.4, 0.5) is 13.2 Å². The van der Waals surface area contributed by atoms with Gasteiger partial charge in [-0.2, -0.15) is 0 Å². The Morgan fingerprint density at radius 2 is 2.12 bits per heavy atom. The van der Waals surface area contributed by atoms with Gasteiger partial charge in [-0.15, -0.1) is 13.2 Å². The van der Waals surface area contributed by atoms with E-state index in [-0.39, 0.29) is 12.2 Å². The summed E-state index contributed by atoms with van der Waals surface area (Å²) in [7, 11) is 1.14. The lowest BCUT2D eigenvalue weighted by atomic mass is 10.3. The fraction of sp³-hybridized carbons (Fsp3) is 0.250. The maximum Gasteiger partial charge on any atom is 0.573 e. The van der Waals surface area contributed by atoms with Crippen LogP contribution in [0.1, 0.15) is 10.5 Å². The molecule has 0 aliphatic carbocycles.